The predicted octanol–water partition coefficient (Wildman–Crippen LogP) is 1.58. The number of imidazole rings is 1. The maximum absolute atomic E-state index is 12.1. The van der Waals surface area contributed by atoms with E-state index in [-0.39, 0.29) is 5.78 Å². The third-order valence-corrected chi connectivity index (χ3v) is 2.92. The fraction of sp³-hybridized carbons (Fsp3) is 0.286. The van der Waals surface area contributed by atoms with E-state index in [1.54, 1.807) is 12.5 Å². The van der Waals surface area contributed by atoms with Gasteiger partial charge in [-0.25, -0.2) is 4.98 Å². The van der Waals surface area contributed by atoms with Crippen LogP contribution in [-0.2, 0) is 13.0 Å². The van der Waals surface area contributed by atoms with Crippen LogP contribution in [0, 0.1) is 6.92 Å². The number of nitrogens with two attached hydrogens (primary N) is 1. The molecule has 0 unspecified atom stereocenters. The molecule has 18 heavy (non-hydrogen) atoms. The van der Waals surface area contributed by atoms with Crippen molar-refractivity contribution in [2.45, 2.75) is 19.9 Å². The van der Waals surface area contributed by atoms with Gasteiger partial charge in [-0.05, 0) is 18.1 Å². The van der Waals surface area contributed by atoms with Crippen molar-refractivity contribution in [3.63, 3.8) is 0 Å². The molecular formula is C14H17N3O. The van der Waals surface area contributed by atoms with E-state index in [4.69, 9.17) is 5.73 Å². The van der Waals surface area contributed by atoms with Gasteiger partial charge < -0.3 is 10.3 Å². The molecule has 0 fully saturated rings. The van der Waals surface area contributed by atoms with Crippen LogP contribution in [0.15, 0.2) is 36.8 Å². The lowest BCUT2D eigenvalue weighted by molar-refractivity contribution is 0.0988. The van der Waals surface area contributed by atoms with E-state index in [2.05, 4.69) is 4.98 Å². The van der Waals surface area contributed by atoms with Gasteiger partial charge in [-0.15, -0.1) is 0 Å². The number of ketones is 1. The van der Waals surface area contributed by atoms with E-state index in [9.17, 15) is 4.79 Å². The molecule has 0 aliphatic heterocycles. The summed E-state index contributed by atoms with van der Waals surface area (Å²) in [4.78, 5) is 16.2. The SMILES string of the molecule is Cc1ccccc1CC(=O)c1cn(CCN)cn1. The Morgan fingerprint density at radius 1 is 1.39 bits per heavy atom. The molecule has 0 radical (unpaired) electrons. The first-order valence-electron chi connectivity index (χ1n) is 6.00. The maximum Gasteiger partial charge on any atom is 0.187 e. The molecule has 0 amide bonds. The first kappa shape index (κ1) is 12.5. The monoisotopic (exact) mass is 243 g/mol. The average Bonchev–Trinajstić information content (AvgIpc) is 2.81. The summed E-state index contributed by atoms with van der Waals surface area (Å²) in [6, 6.07) is 7.90. The smallest absolute Gasteiger partial charge is 0.187 e. The Hall–Kier alpha value is -1.94. The van der Waals surface area contributed by atoms with E-state index in [0.29, 0.717) is 25.2 Å². The quantitative estimate of drug-likeness (QED) is 0.811. The number of nitrogens with zero attached hydrogens (tertiary/aromatic N) is 2. The first-order valence-corrected chi connectivity index (χ1v) is 6.00. The molecule has 94 valence electrons. The second kappa shape index (κ2) is 5.60. The molecule has 1 aromatic heterocycles. The van der Waals surface area contributed by atoms with Crippen molar-refractivity contribution in [2.24, 2.45) is 5.73 Å². The van der Waals surface area contributed by atoms with Crippen molar-refractivity contribution >= 4 is 5.78 Å². The molecule has 1 aromatic carbocycles. The Balaban J connectivity index is 2.10. The summed E-state index contributed by atoms with van der Waals surface area (Å²) < 4.78 is 1.84. The molecule has 0 saturated heterocycles. The van der Waals surface area contributed by atoms with Crippen molar-refractivity contribution in [2.75, 3.05) is 6.54 Å². The lowest BCUT2D eigenvalue weighted by Gasteiger charge is -2.02. The molecule has 2 N–H and O–H groups in total. The van der Waals surface area contributed by atoms with Gasteiger partial charge >= 0.3 is 0 Å². The Morgan fingerprint density at radius 2 is 2.17 bits per heavy atom. The number of Topliss-reactive ketones (excluding diaryl/α,β-unsaturated/α-hetero) is 1. The predicted molar refractivity (Wildman–Crippen MR) is 70.5 cm³/mol. The maximum atomic E-state index is 12.1. The van der Waals surface area contributed by atoms with Crippen LogP contribution in [0.4, 0.5) is 0 Å². The van der Waals surface area contributed by atoms with Gasteiger partial charge in [0.1, 0.15) is 5.69 Å². The van der Waals surface area contributed by atoms with Crippen LogP contribution in [0.5, 0.6) is 0 Å². The van der Waals surface area contributed by atoms with Crippen LogP contribution in [0.1, 0.15) is 21.6 Å². The van der Waals surface area contributed by atoms with Crippen molar-refractivity contribution in [1.29, 1.82) is 0 Å². The van der Waals surface area contributed by atoms with E-state index in [0.717, 1.165) is 11.1 Å². The molecule has 0 bridgehead atoms. The minimum Gasteiger partial charge on any atom is -0.335 e. The summed E-state index contributed by atoms with van der Waals surface area (Å²) in [5, 5.41) is 0. The van der Waals surface area contributed by atoms with Crippen LogP contribution in [0.2, 0.25) is 0 Å². The van der Waals surface area contributed by atoms with Crippen LogP contribution in [0.25, 0.3) is 0 Å². The highest BCUT2D eigenvalue weighted by atomic mass is 16.1. The summed E-state index contributed by atoms with van der Waals surface area (Å²) in [6.45, 7) is 3.24. The number of aryl methyl sites for hydroxylation is 1. The second-order valence-corrected chi connectivity index (χ2v) is 4.31. The van der Waals surface area contributed by atoms with Gasteiger partial charge in [-0.1, -0.05) is 24.3 Å². The number of rotatable bonds is 5. The zero-order chi connectivity index (χ0) is 13.0. The first-order chi connectivity index (χ1) is 8.70. The van der Waals surface area contributed by atoms with Gasteiger partial charge in [0.25, 0.3) is 0 Å². The number of aromatic nitrogens is 2. The molecule has 4 heteroatoms. The Bertz CT molecular complexity index is 545. The van der Waals surface area contributed by atoms with E-state index < -0.39 is 0 Å². The van der Waals surface area contributed by atoms with Crippen molar-refractivity contribution in [1.82, 2.24) is 9.55 Å². The molecule has 0 spiro atoms. The molecule has 0 saturated carbocycles. The van der Waals surface area contributed by atoms with Gasteiger partial charge in [-0.3, -0.25) is 4.79 Å². The summed E-state index contributed by atoms with van der Waals surface area (Å²) >= 11 is 0. The van der Waals surface area contributed by atoms with Crippen LogP contribution in [0.3, 0.4) is 0 Å². The van der Waals surface area contributed by atoms with E-state index in [1.165, 1.54) is 0 Å². The zero-order valence-electron chi connectivity index (χ0n) is 10.5. The fourth-order valence-electron chi connectivity index (χ4n) is 1.85. The second-order valence-electron chi connectivity index (χ2n) is 4.31. The molecule has 0 atom stereocenters. The van der Waals surface area contributed by atoms with Crippen LogP contribution in [-0.4, -0.2) is 21.9 Å². The van der Waals surface area contributed by atoms with Gasteiger partial charge in [0, 0.05) is 25.7 Å². The zero-order valence-corrected chi connectivity index (χ0v) is 10.5. The normalized spacial score (nSPS) is 10.6. The standard InChI is InChI=1S/C14H17N3O/c1-11-4-2-3-5-12(11)8-14(18)13-9-17(7-6-15)10-16-13/h2-5,9-10H,6-8,15H2,1H3. The number of benzene rings is 1. The molecule has 1 heterocycles. The molecule has 2 aromatic rings. The molecule has 0 aliphatic carbocycles. The highest BCUT2D eigenvalue weighted by molar-refractivity contribution is 5.95. The number of carbonyl (C=O) groups is 1. The number of carbonyl (C=O) groups excluding carboxylic acids is 1. The topological polar surface area (TPSA) is 60.9 Å². The summed E-state index contributed by atoms with van der Waals surface area (Å²) in [5.41, 5.74) is 8.15. The summed E-state index contributed by atoms with van der Waals surface area (Å²) in [5.74, 6) is 0.0417. The summed E-state index contributed by atoms with van der Waals surface area (Å²) in [7, 11) is 0. The van der Waals surface area contributed by atoms with Crippen molar-refractivity contribution in [3.8, 4) is 0 Å². The van der Waals surface area contributed by atoms with Gasteiger partial charge in [0.15, 0.2) is 5.78 Å². The minimum atomic E-state index is 0.0417. The molecule has 0 aliphatic rings. The summed E-state index contributed by atoms with van der Waals surface area (Å²) in [6.07, 6.45) is 3.80. The Kier molecular flexibility index (Phi) is 3.89. The highest BCUT2D eigenvalue weighted by Crippen LogP contribution is 2.10. The number of hydrogen-bond donors (Lipinski definition) is 1. The van der Waals surface area contributed by atoms with Gasteiger partial charge in [-0.2, -0.15) is 0 Å². The third kappa shape index (κ3) is 2.84. The van der Waals surface area contributed by atoms with Crippen molar-refractivity contribution < 1.29 is 4.79 Å². The van der Waals surface area contributed by atoms with Gasteiger partial charge in [0.05, 0.1) is 6.33 Å². The van der Waals surface area contributed by atoms with Crippen LogP contribution >= 0.6 is 0 Å². The molecular weight excluding hydrogens is 226 g/mol. The molecule has 2 rings (SSSR count). The fourth-order valence-corrected chi connectivity index (χ4v) is 1.85. The van der Waals surface area contributed by atoms with E-state index >= 15 is 0 Å². The highest BCUT2D eigenvalue weighted by Gasteiger charge is 2.11. The Labute approximate surface area is 106 Å². The third-order valence-electron chi connectivity index (χ3n) is 2.92. The average molecular weight is 243 g/mol. The lowest BCUT2D eigenvalue weighted by atomic mass is 10.0. The van der Waals surface area contributed by atoms with Crippen molar-refractivity contribution in [3.05, 3.63) is 53.6 Å². The van der Waals surface area contributed by atoms with E-state index in [1.807, 2.05) is 35.8 Å². The van der Waals surface area contributed by atoms with Crippen LogP contribution < -0.4 is 5.73 Å². The largest absolute Gasteiger partial charge is 0.335 e. The Morgan fingerprint density at radius 3 is 2.89 bits per heavy atom. The minimum absolute atomic E-state index is 0.0417. The van der Waals surface area contributed by atoms with Gasteiger partial charge in [0.2, 0.25) is 0 Å². The molecule has 4 nitrogen and oxygen atoms in total. The number of hydrogen-bond acceptors (Lipinski definition) is 3. The lowest BCUT2D eigenvalue weighted by Crippen LogP contribution is -2.08.